The molecule has 0 amide bonds. The van der Waals surface area contributed by atoms with Crippen molar-refractivity contribution in [2.75, 3.05) is 38.2 Å². The second kappa shape index (κ2) is 5.82. The molecule has 2 rings (SSSR count). The molecule has 1 saturated heterocycles. The first kappa shape index (κ1) is 13.5. The topological polar surface area (TPSA) is 49.4 Å². The highest BCUT2D eigenvalue weighted by molar-refractivity contribution is 7.90. The van der Waals surface area contributed by atoms with Gasteiger partial charge in [0, 0.05) is 38.5 Å². The Kier molecular flexibility index (Phi) is 4.37. The van der Waals surface area contributed by atoms with Gasteiger partial charge in [0.2, 0.25) is 0 Å². The van der Waals surface area contributed by atoms with Gasteiger partial charge < -0.3 is 5.32 Å². The summed E-state index contributed by atoms with van der Waals surface area (Å²) in [6, 6.07) is 10.5. The first-order valence-electron chi connectivity index (χ1n) is 6.24. The zero-order valence-electron chi connectivity index (χ0n) is 10.7. The standard InChI is InChI=1S/C13H20N2O2S/c1-18(16,17)10-9-15-8-7-14-11-13(15)12-5-3-2-4-6-12/h2-6,13-14H,7-11H2,1H3. The molecule has 4 nitrogen and oxygen atoms in total. The summed E-state index contributed by atoms with van der Waals surface area (Å²) < 4.78 is 22.5. The molecule has 0 radical (unpaired) electrons. The zero-order chi connectivity index (χ0) is 13.0. The number of nitrogens with one attached hydrogen (secondary N) is 1. The maximum atomic E-state index is 11.3. The van der Waals surface area contributed by atoms with Crippen molar-refractivity contribution in [3.8, 4) is 0 Å². The molecule has 1 aliphatic rings. The van der Waals surface area contributed by atoms with Gasteiger partial charge in [0.1, 0.15) is 9.84 Å². The number of hydrogen-bond donors (Lipinski definition) is 1. The first-order chi connectivity index (χ1) is 8.56. The minimum absolute atomic E-state index is 0.232. The summed E-state index contributed by atoms with van der Waals surface area (Å²) in [7, 11) is -2.89. The van der Waals surface area contributed by atoms with Crippen molar-refractivity contribution in [3.05, 3.63) is 35.9 Å². The molecular formula is C13H20N2O2S. The second-order valence-electron chi connectivity index (χ2n) is 4.80. The van der Waals surface area contributed by atoms with Crippen LogP contribution in [0, 0.1) is 0 Å². The van der Waals surface area contributed by atoms with Crippen LogP contribution in [0.25, 0.3) is 0 Å². The van der Waals surface area contributed by atoms with E-state index in [0.717, 1.165) is 19.6 Å². The normalized spacial score (nSPS) is 21.9. The van der Waals surface area contributed by atoms with E-state index in [1.165, 1.54) is 11.8 Å². The molecule has 0 saturated carbocycles. The quantitative estimate of drug-likeness (QED) is 0.872. The fourth-order valence-electron chi connectivity index (χ4n) is 2.30. The Morgan fingerprint density at radius 2 is 2.06 bits per heavy atom. The van der Waals surface area contributed by atoms with Crippen molar-refractivity contribution in [3.63, 3.8) is 0 Å². The van der Waals surface area contributed by atoms with E-state index in [0.29, 0.717) is 6.54 Å². The Labute approximate surface area is 109 Å². The minimum Gasteiger partial charge on any atom is -0.314 e. The van der Waals surface area contributed by atoms with Crippen molar-refractivity contribution in [2.24, 2.45) is 0 Å². The van der Waals surface area contributed by atoms with Crippen molar-refractivity contribution in [1.29, 1.82) is 0 Å². The van der Waals surface area contributed by atoms with Crippen LogP contribution in [0.4, 0.5) is 0 Å². The van der Waals surface area contributed by atoms with Gasteiger partial charge in [-0.1, -0.05) is 30.3 Å². The molecule has 100 valence electrons. The second-order valence-corrected chi connectivity index (χ2v) is 7.06. The molecule has 1 aliphatic heterocycles. The molecule has 0 aromatic heterocycles. The van der Waals surface area contributed by atoms with E-state index in [1.807, 2.05) is 18.2 Å². The lowest BCUT2D eigenvalue weighted by atomic mass is 10.0. The molecule has 1 fully saturated rings. The summed E-state index contributed by atoms with van der Waals surface area (Å²) in [5.41, 5.74) is 1.25. The SMILES string of the molecule is CS(=O)(=O)CCN1CCNCC1c1ccccc1. The summed E-state index contributed by atoms with van der Waals surface area (Å²) >= 11 is 0. The van der Waals surface area contributed by atoms with E-state index in [2.05, 4.69) is 22.3 Å². The Hall–Kier alpha value is -0.910. The van der Waals surface area contributed by atoms with Gasteiger partial charge >= 0.3 is 0 Å². The number of nitrogens with zero attached hydrogens (tertiary/aromatic N) is 1. The molecule has 0 bridgehead atoms. The molecule has 1 atom stereocenters. The van der Waals surface area contributed by atoms with Crippen LogP contribution in [0.3, 0.4) is 0 Å². The van der Waals surface area contributed by atoms with Crippen LogP contribution in [0.1, 0.15) is 11.6 Å². The third kappa shape index (κ3) is 3.80. The minimum atomic E-state index is -2.89. The van der Waals surface area contributed by atoms with E-state index < -0.39 is 9.84 Å². The van der Waals surface area contributed by atoms with Gasteiger partial charge in [-0.25, -0.2) is 8.42 Å². The Morgan fingerprint density at radius 3 is 2.72 bits per heavy atom. The number of hydrogen-bond acceptors (Lipinski definition) is 4. The fourth-order valence-corrected chi connectivity index (χ4v) is 2.87. The molecule has 1 aromatic carbocycles. The van der Waals surface area contributed by atoms with Gasteiger partial charge in [-0.3, -0.25) is 4.90 Å². The predicted molar refractivity (Wildman–Crippen MR) is 73.3 cm³/mol. The fraction of sp³-hybridized carbons (Fsp3) is 0.538. The number of sulfone groups is 1. The summed E-state index contributed by atoms with van der Waals surface area (Å²) in [5.74, 6) is 0.232. The van der Waals surface area contributed by atoms with Gasteiger partial charge in [0.05, 0.1) is 5.75 Å². The highest BCUT2D eigenvalue weighted by Crippen LogP contribution is 2.21. The number of rotatable bonds is 4. The largest absolute Gasteiger partial charge is 0.314 e. The van der Waals surface area contributed by atoms with Crippen LogP contribution < -0.4 is 5.32 Å². The van der Waals surface area contributed by atoms with Gasteiger partial charge in [-0.15, -0.1) is 0 Å². The third-order valence-corrected chi connectivity index (χ3v) is 4.21. The Morgan fingerprint density at radius 1 is 1.33 bits per heavy atom. The monoisotopic (exact) mass is 268 g/mol. The number of piperazine rings is 1. The molecular weight excluding hydrogens is 248 g/mol. The lowest BCUT2D eigenvalue weighted by molar-refractivity contribution is 0.172. The van der Waals surface area contributed by atoms with Crippen molar-refractivity contribution >= 4 is 9.84 Å². The first-order valence-corrected chi connectivity index (χ1v) is 8.30. The van der Waals surface area contributed by atoms with Gasteiger partial charge in [-0.05, 0) is 5.56 Å². The van der Waals surface area contributed by atoms with Crippen LogP contribution in [-0.2, 0) is 9.84 Å². The van der Waals surface area contributed by atoms with Crippen LogP contribution >= 0.6 is 0 Å². The Bertz CT molecular complexity index is 473. The van der Waals surface area contributed by atoms with Crippen LogP contribution in [0.15, 0.2) is 30.3 Å². The van der Waals surface area contributed by atoms with Crippen LogP contribution in [0.5, 0.6) is 0 Å². The summed E-state index contributed by atoms with van der Waals surface area (Å²) in [6.07, 6.45) is 1.30. The summed E-state index contributed by atoms with van der Waals surface area (Å²) in [6.45, 7) is 3.32. The van der Waals surface area contributed by atoms with E-state index in [4.69, 9.17) is 0 Å². The average Bonchev–Trinajstić information content (AvgIpc) is 2.37. The van der Waals surface area contributed by atoms with E-state index in [-0.39, 0.29) is 11.8 Å². The zero-order valence-corrected chi connectivity index (χ0v) is 11.5. The van der Waals surface area contributed by atoms with E-state index in [1.54, 1.807) is 0 Å². The highest BCUT2D eigenvalue weighted by atomic mass is 32.2. The molecule has 18 heavy (non-hydrogen) atoms. The van der Waals surface area contributed by atoms with Gasteiger partial charge in [0.25, 0.3) is 0 Å². The molecule has 1 aromatic rings. The maximum Gasteiger partial charge on any atom is 0.148 e. The van der Waals surface area contributed by atoms with Crippen molar-refractivity contribution in [1.82, 2.24) is 10.2 Å². The maximum absolute atomic E-state index is 11.3. The summed E-state index contributed by atoms with van der Waals surface area (Å²) in [4.78, 5) is 2.26. The molecule has 1 unspecified atom stereocenters. The van der Waals surface area contributed by atoms with Crippen molar-refractivity contribution in [2.45, 2.75) is 6.04 Å². The predicted octanol–water partition coefficient (Wildman–Crippen LogP) is 0.678. The molecule has 1 heterocycles. The molecule has 0 aliphatic carbocycles. The third-order valence-electron chi connectivity index (χ3n) is 3.29. The van der Waals surface area contributed by atoms with Crippen LogP contribution in [-0.4, -0.2) is 51.5 Å². The van der Waals surface area contributed by atoms with E-state index in [9.17, 15) is 8.42 Å². The molecule has 1 N–H and O–H groups in total. The van der Waals surface area contributed by atoms with Crippen LogP contribution in [0.2, 0.25) is 0 Å². The molecule has 0 spiro atoms. The highest BCUT2D eigenvalue weighted by Gasteiger charge is 2.23. The Balaban J connectivity index is 2.07. The molecule has 5 heteroatoms. The number of benzene rings is 1. The lowest BCUT2D eigenvalue weighted by Crippen LogP contribution is -2.47. The van der Waals surface area contributed by atoms with Crippen molar-refractivity contribution < 1.29 is 8.42 Å². The average molecular weight is 268 g/mol. The smallest absolute Gasteiger partial charge is 0.148 e. The van der Waals surface area contributed by atoms with Gasteiger partial charge in [-0.2, -0.15) is 0 Å². The van der Waals surface area contributed by atoms with E-state index >= 15 is 0 Å². The summed E-state index contributed by atoms with van der Waals surface area (Å²) in [5, 5.41) is 3.37. The lowest BCUT2D eigenvalue weighted by Gasteiger charge is -2.36. The van der Waals surface area contributed by atoms with Gasteiger partial charge in [0.15, 0.2) is 0 Å².